The van der Waals surface area contributed by atoms with Gasteiger partial charge in [-0.2, -0.15) is 11.8 Å². The van der Waals surface area contributed by atoms with Crippen LogP contribution in [-0.4, -0.2) is 84.0 Å². The number of ether oxygens (including phenoxy) is 2. The van der Waals surface area contributed by atoms with Crippen molar-refractivity contribution in [1.29, 1.82) is 0 Å². The molecular formula is C41H58N2O6S. The number of aromatic hydroxyl groups is 1. The molecule has 3 heterocycles. The Balaban J connectivity index is 1.47. The normalized spacial score (nSPS) is 15.8. The molecule has 9 heteroatoms. The number of hydrogen-bond acceptors (Lipinski definition) is 9. The third-order valence-electron chi connectivity index (χ3n) is 9.87. The van der Waals surface area contributed by atoms with Gasteiger partial charge in [-0.05, 0) is 111 Å². The fraction of sp³-hybridized carbons (Fsp3) is 0.585. The van der Waals surface area contributed by atoms with E-state index in [1.54, 1.807) is 12.1 Å². The van der Waals surface area contributed by atoms with Crippen molar-refractivity contribution in [3.05, 3.63) is 62.3 Å². The predicted octanol–water partition coefficient (Wildman–Crippen LogP) is 8.01. The monoisotopic (exact) mass is 706 g/mol. The number of aliphatic hydroxyl groups is 1. The zero-order chi connectivity index (χ0) is 35.5. The third kappa shape index (κ3) is 10.1. The molecule has 0 atom stereocenters. The number of rotatable bonds is 17. The molecule has 1 aromatic heterocycles. The molecule has 0 bridgehead atoms. The molecule has 2 aliphatic heterocycles. The molecule has 0 aliphatic carbocycles. The van der Waals surface area contributed by atoms with Crippen LogP contribution in [0.4, 0.5) is 0 Å². The zero-order valence-corrected chi connectivity index (χ0v) is 31.6. The summed E-state index contributed by atoms with van der Waals surface area (Å²) in [5.41, 5.74) is 4.38. The second-order valence-electron chi connectivity index (χ2n) is 14.3. The first-order valence-corrected chi connectivity index (χ1v) is 19.9. The van der Waals surface area contributed by atoms with Crippen molar-refractivity contribution in [3.63, 3.8) is 0 Å². The van der Waals surface area contributed by atoms with E-state index in [1.807, 2.05) is 51.6 Å². The first-order chi connectivity index (χ1) is 24.3. The lowest BCUT2D eigenvalue weighted by Crippen LogP contribution is -2.33. The number of nitrogens with zero attached hydrogens (tertiary/aromatic N) is 2. The Kier molecular flexibility index (Phi) is 14.6. The van der Waals surface area contributed by atoms with Gasteiger partial charge >= 0.3 is 0 Å². The van der Waals surface area contributed by atoms with Gasteiger partial charge in [0.25, 0.3) is 0 Å². The van der Waals surface area contributed by atoms with Gasteiger partial charge in [-0.1, -0.05) is 29.7 Å². The van der Waals surface area contributed by atoms with Crippen LogP contribution in [0, 0.1) is 0 Å². The Hall–Kier alpha value is -2.98. The van der Waals surface area contributed by atoms with E-state index < -0.39 is 0 Å². The van der Waals surface area contributed by atoms with Crippen LogP contribution in [0.3, 0.4) is 0 Å². The van der Waals surface area contributed by atoms with Crippen LogP contribution in [0.1, 0.15) is 89.3 Å². The van der Waals surface area contributed by atoms with Gasteiger partial charge in [0.15, 0.2) is 0 Å². The van der Waals surface area contributed by atoms with Crippen LogP contribution in [0.15, 0.2) is 44.6 Å². The summed E-state index contributed by atoms with van der Waals surface area (Å²) in [5, 5.41) is 22.9. The molecule has 2 saturated heterocycles. The minimum atomic E-state index is -0.316. The molecular weight excluding hydrogens is 649 g/mol. The number of piperidine rings is 1. The highest BCUT2D eigenvalue weighted by Gasteiger charge is 2.24. The number of likely N-dealkylation sites (tertiary alicyclic amines) is 1. The highest BCUT2D eigenvalue weighted by Crippen LogP contribution is 2.39. The van der Waals surface area contributed by atoms with Crippen molar-refractivity contribution in [1.82, 2.24) is 9.80 Å². The minimum absolute atomic E-state index is 0.106. The molecule has 0 unspecified atom stereocenters. The topological polar surface area (TPSA) is 95.6 Å². The highest BCUT2D eigenvalue weighted by atomic mass is 32.2. The smallest absolute Gasteiger partial charge is 0.204 e. The summed E-state index contributed by atoms with van der Waals surface area (Å²) in [5.74, 6) is 3.36. The van der Waals surface area contributed by atoms with E-state index in [9.17, 15) is 15.0 Å². The van der Waals surface area contributed by atoms with Gasteiger partial charge < -0.3 is 33.9 Å². The maximum absolute atomic E-state index is 14.4. The van der Waals surface area contributed by atoms with E-state index in [-0.39, 0.29) is 28.8 Å². The third-order valence-corrected chi connectivity index (χ3v) is 10.8. The second kappa shape index (κ2) is 19.0. The first kappa shape index (κ1) is 38.3. The van der Waals surface area contributed by atoms with Crippen molar-refractivity contribution in [3.8, 4) is 17.2 Å². The molecule has 2 aliphatic rings. The summed E-state index contributed by atoms with van der Waals surface area (Å²) < 4.78 is 19.1. The molecule has 0 amide bonds. The quantitative estimate of drug-likeness (QED) is 0.0822. The van der Waals surface area contributed by atoms with Crippen molar-refractivity contribution in [2.45, 2.75) is 92.1 Å². The number of fused-ring (bicyclic) bond motifs is 2. The highest BCUT2D eigenvalue weighted by molar-refractivity contribution is 7.99. The van der Waals surface area contributed by atoms with Crippen LogP contribution in [0.2, 0.25) is 0 Å². The molecule has 5 rings (SSSR count). The van der Waals surface area contributed by atoms with E-state index >= 15 is 0 Å². The van der Waals surface area contributed by atoms with Crippen molar-refractivity contribution >= 4 is 33.7 Å². The standard InChI is InChI=1S/C41H58N2O6S/c1-29(2)12-14-31-33(28-44)35(48-23-11-9-19-43-20-24-50-25-21-43)27-36-38(31)41(46)39-37(49-36)26-34(32(40(39)45)15-13-30(3)4)47-22-10-8-18-42-16-6-5-7-17-42/h12-13,26-27,44-45H,5-11,14-25,28H2,1-4H3. The Morgan fingerprint density at radius 1 is 0.760 bits per heavy atom. The summed E-state index contributed by atoms with van der Waals surface area (Å²) >= 11 is 2.02. The summed E-state index contributed by atoms with van der Waals surface area (Å²) in [4.78, 5) is 19.5. The lowest BCUT2D eigenvalue weighted by atomic mass is 9.95. The molecule has 2 N–H and O–H groups in total. The van der Waals surface area contributed by atoms with E-state index in [0.29, 0.717) is 65.2 Å². The average Bonchev–Trinajstić information content (AvgIpc) is 3.10. The van der Waals surface area contributed by atoms with Gasteiger partial charge in [0.2, 0.25) is 5.43 Å². The van der Waals surface area contributed by atoms with Gasteiger partial charge in [0, 0.05) is 47.9 Å². The summed E-state index contributed by atoms with van der Waals surface area (Å²) in [6, 6.07) is 3.51. The summed E-state index contributed by atoms with van der Waals surface area (Å²) in [6.45, 7) is 15.6. The number of allylic oxidation sites excluding steroid dienone is 4. The van der Waals surface area contributed by atoms with E-state index in [1.165, 1.54) is 43.9 Å². The fourth-order valence-electron chi connectivity index (χ4n) is 6.97. The first-order valence-electron chi connectivity index (χ1n) is 18.7. The van der Waals surface area contributed by atoms with Crippen molar-refractivity contribution in [2.24, 2.45) is 0 Å². The van der Waals surface area contributed by atoms with E-state index in [4.69, 9.17) is 13.9 Å². The minimum Gasteiger partial charge on any atom is -0.507 e. The Morgan fingerprint density at radius 2 is 1.30 bits per heavy atom. The van der Waals surface area contributed by atoms with Crippen LogP contribution in [-0.2, 0) is 19.4 Å². The largest absolute Gasteiger partial charge is 0.507 e. The fourth-order valence-corrected chi connectivity index (χ4v) is 7.95. The van der Waals surface area contributed by atoms with E-state index in [0.717, 1.165) is 63.0 Å². The van der Waals surface area contributed by atoms with Crippen LogP contribution >= 0.6 is 11.8 Å². The molecule has 50 heavy (non-hydrogen) atoms. The van der Waals surface area contributed by atoms with Crippen molar-refractivity contribution in [2.75, 3.05) is 64.0 Å². The molecule has 2 fully saturated rings. The second-order valence-corrected chi connectivity index (χ2v) is 15.5. The van der Waals surface area contributed by atoms with Crippen molar-refractivity contribution < 1.29 is 24.1 Å². The van der Waals surface area contributed by atoms with Gasteiger partial charge in [0.1, 0.15) is 33.8 Å². The Bertz CT molecular complexity index is 1690. The Morgan fingerprint density at radius 3 is 1.88 bits per heavy atom. The predicted molar refractivity (Wildman–Crippen MR) is 207 cm³/mol. The molecule has 0 radical (unpaired) electrons. The SMILES string of the molecule is CC(C)=CCc1c(OCCCCN2CCCCC2)cc2oc3cc(OCCCCN4CCSCC4)c(CO)c(CC=C(C)C)c3c(=O)c2c1O. The Labute approximate surface area is 302 Å². The molecule has 2 aromatic carbocycles. The number of phenols is 1. The molecule has 0 spiro atoms. The number of benzene rings is 2. The molecule has 0 saturated carbocycles. The van der Waals surface area contributed by atoms with Crippen LogP contribution in [0.5, 0.6) is 17.2 Å². The maximum Gasteiger partial charge on any atom is 0.204 e. The number of unbranched alkanes of at least 4 members (excludes halogenated alkanes) is 2. The van der Waals surface area contributed by atoms with Crippen LogP contribution in [0.25, 0.3) is 21.9 Å². The molecule has 274 valence electrons. The molecule has 8 nitrogen and oxygen atoms in total. The number of phenolic OH excluding ortho intramolecular Hbond substituents is 1. The number of aliphatic hydroxyl groups excluding tert-OH is 1. The molecule has 3 aromatic rings. The summed E-state index contributed by atoms with van der Waals surface area (Å²) in [6.07, 6.45) is 12.7. The van der Waals surface area contributed by atoms with Gasteiger partial charge in [-0.15, -0.1) is 0 Å². The van der Waals surface area contributed by atoms with Gasteiger partial charge in [-0.25, -0.2) is 0 Å². The summed E-state index contributed by atoms with van der Waals surface area (Å²) in [7, 11) is 0. The van der Waals surface area contributed by atoms with Gasteiger partial charge in [-0.3, -0.25) is 4.79 Å². The lowest BCUT2D eigenvalue weighted by molar-refractivity contribution is 0.215. The lowest BCUT2D eigenvalue weighted by Gasteiger charge is -2.26. The number of hydrogen-bond donors (Lipinski definition) is 2. The number of thioether (sulfide) groups is 1. The zero-order valence-electron chi connectivity index (χ0n) is 30.8. The van der Waals surface area contributed by atoms with Gasteiger partial charge in [0.05, 0.1) is 25.2 Å². The van der Waals surface area contributed by atoms with Crippen LogP contribution < -0.4 is 14.9 Å². The average molecular weight is 707 g/mol. The van der Waals surface area contributed by atoms with E-state index in [2.05, 4.69) is 9.80 Å². The maximum atomic E-state index is 14.4.